The van der Waals surface area contributed by atoms with Crippen molar-refractivity contribution in [2.24, 2.45) is 0 Å². The van der Waals surface area contributed by atoms with Gasteiger partial charge in [-0.15, -0.1) is 0 Å². The van der Waals surface area contributed by atoms with Crippen LogP contribution in [0.25, 0.3) is 0 Å². The number of benzene rings is 1. The number of halogens is 1. The zero-order valence-electron chi connectivity index (χ0n) is 10.8. The SMILES string of the molecule is N#CCCc1c2c(c(Br)c3c1OCCC3)OCCC2. The monoisotopic (exact) mass is 321 g/mol. The first-order valence-electron chi connectivity index (χ1n) is 6.81. The minimum atomic E-state index is 0.532. The Labute approximate surface area is 121 Å². The molecule has 0 bridgehead atoms. The van der Waals surface area contributed by atoms with Crippen LogP contribution in [0.2, 0.25) is 0 Å². The Morgan fingerprint density at radius 3 is 2.47 bits per heavy atom. The first-order valence-corrected chi connectivity index (χ1v) is 7.61. The largest absolute Gasteiger partial charge is 0.493 e. The van der Waals surface area contributed by atoms with E-state index in [-0.39, 0.29) is 0 Å². The van der Waals surface area contributed by atoms with Gasteiger partial charge in [0.05, 0.1) is 23.8 Å². The van der Waals surface area contributed by atoms with Gasteiger partial charge in [0.15, 0.2) is 0 Å². The molecule has 1 aromatic rings. The van der Waals surface area contributed by atoms with Gasteiger partial charge in [-0.1, -0.05) is 0 Å². The number of hydrogen-bond acceptors (Lipinski definition) is 3. The van der Waals surface area contributed by atoms with E-state index in [1.165, 1.54) is 16.7 Å². The number of rotatable bonds is 2. The zero-order chi connectivity index (χ0) is 13.2. The van der Waals surface area contributed by atoms with Gasteiger partial charge in [0.1, 0.15) is 11.5 Å². The Balaban J connectivity index is 2.16. The minimum Gasteiger partial charge on any atom is -0.493 e. The van der Waals surface area contributed by atoms with Crippen LogP contribution in [0.1, 0.15) is 36.0 Å². The molecule has 0 atom stereocenters. The topological polar surface area (TPSA) is 42.2 Å². The second-order valence-corrected chi connectivity index (χ2v) is 5.76. The highest BCUT2D eigenvalue weighted by Crippen LogP contribution is 2.46. The number of ether oxygens (including phenoxy) is 2. The van der Waals surface area contributed by atoms with E-state index in [9.17, 15) is 0 Å². The Morgan fingerprint density at radius 1 is 1.05 bits per heavy atom. The first kappa shape index (κ1) is 12.8. The van der Waals surface area contributed by atoms with Crippen LogP contribution < -0.4 is 9.47 Å². The van der Waals surface area contributed by atoms with Gasteiger partial charge in [0.2, 0.25) is 0 Å². The maximum atomic E-state index is 8.86. The van der Waals surface area contributed by atoms with Gasteiger partial charge in [0, 0.05) is 23.1 Å². The highest BCUT2D eigenvalue weighted by molar-refractivity contribution is 9.10. The normalized spacial score (nSPS) is 16.6. The summed E-state index contributed by atoms with van der Waals surface area (Å²) in [5.74, 6) is 2.00. The van der Waals surface area contributed by atoms with E-state index in [1.54, 1.807) is 0 Å². The van der Waals surface area contributed by atoms with Crippen molar-refractivity contribution in [2.75, 3.05) is 13.2 Å². The lowest BCUT2D eigenvalue weighted by Gasteiger charge is -2.29. The third-order valence-corrected chi connectivity index (χ3v) is 4.61. The molecule has 100 valence electrons. The molecule has 4 heteroatoms. The van der Waals surface area contributed by atoms with Crippen LogP contribution in [-0.2, 0) is 19.3 Å². The van der Waals surface area contributed by atoms with E-state index in [4.69, 9.17) is 14.7 Å². The second-order valence-electron chi connectivity index (χ2n) is 4.97. The Hall–Kier alpha value is -1.21. The van der Waals surface area contributed by atoms with Crippen LogP contribution in [0.3, 0.4) is 0 Å². The van der Waals surface area contributed by atoms with Crippen molar-refractivity contribution in [2.45, 2.75) is 38.5 Å². The molecule has 0 aliphatic carbocycles. The molecule has 0 saturated carbocycles. The van der Waals surface area contributed by atoms with Crippen LogP contribution in [0, 0.1) is 11.3 Å². The quantitative estimate of drug-likeness (QED) is 0.836. The lowest BCUT2D eigenvalue weighted by Crippen LogP contribution is -2.18. The fourth-order valence-electron chi connectivity index (χ4n) is 2.93. The van der Waals surface area contributed by atoms with Gasteiger partial charge in [0.25, 0.3) is 0 Å². The fourth-order valence-corrected chi connectivity index (χ4v) is 3.66. The van der Waals surface area contributed by atoms with Crippen molar-refractivity contribution < 1.29 is 9.47 Å². The molecule has 2 heterocycles. The molecule has 0 spiro atoms. The summed E-state index contributed by atoms with van der Waals surface area (Å²) in [5, 5.41) is 8.86. The van der Waals surface area contributed by atoms with Crippen LogP contribution in [-0.4, -0.2) is 13.2 Å². The average Bonchev–Trinajstić information content (AvgIpc) is 2.47. The molecule has 1 aromatic carbocycles. The molecule has 0 fully saturated rings. The molecule has 3 nitrogen and oxygen atoms in total. The average molecular weight is 322 g/mol. The molecule has 0 amide bonds. The highest BCUT2D eigenvalue weighted by Gasteiger charge is 2.27. The molecule has 3 rings (SSSR count). The lowest BCUT2D eigenvalue weighted by atomic mass is 9.91. The smallest absolute Gasteiger partial charge is 0.137 e. The maximum absolute atomic E-state index is 8.86. The van der Waals surface area contributed by atoms with Gasteiger partial charge >= 0.3 is 0 Å². The summed E-state index contributed by atoms with van der Waals surface area (Å²) < 4.78 is 12.8. The number of nitriles is 1. The first-order chi connectivity index (χ1) is 9.33. The minimum absolute atomic E-state index is 0.532. The van der Waals surface area contributed by atoms with Crippen molar-refractivity contribution in [3.8, 4) is 17.6 Å². The zero-order valence-corrected chi connectivity index (χ0v) is 12.4. The Morgan fingerprint density at radius 2 is 1.74 bits per heavy atom. The molecular weight excluding hydrogens is 306 g/mol. The van der Waals surface area contributed by atoms with Crippen LogP contribution in [0.15, 0.2) is 4.47 Å². The molecule has 0 radical (unpaired) electrons. The van der Waals surface area contributed by atoms with Crippen molar-refractivity contribution in [1.29, 1.82) is 5.26 Å². The molecule has 0 saturated heterocycles. The number of fused-ring (bicyclic) bond motifs is 2. The molecular formula is C15H16BrNO2. The molecule has 0 aromatic heterocycles. The van der Waals surface area contributed by atoms with Gasteiger partial charge < -0.3 is 9.47 Å². The summed E-state index contributed by atoms with van der Waals surface area (Å²) >= 11 is 3.69. The third-order valence-electron chi connectivity index (χ3n) is 3.77. The fraction of sp³-hybridized carbons (Fsp3) is 0.533. The van der Waals surface area contributed by atoms with E-state index >= 15 is 0 Å². The summed E-state index contributed by atoms with van der Waals surface area (Å²) in [4.78, 5) is 0. The molecule has 0 N–H and O–H groups in total. The predicted octanol–water partition coefficient (Wildman–Crippen LogP) is 3.56. The molecule has 19 heavy (non-hydrogen) atoms. The van der Waals surface area contributed by atoms with Gasteiger partial charge in [-0.3, -0.25) is 0 Å². The van der Waals surface area contributed by atoms with Crippen LogP contribution >= 0.6 is 15.9 Å². The summed E-state index contributed by atoms with van der Waals surface area (Å²) in [6.07, 6.45) is 5.42. The van der Waals surface area contributed by atoms with Gasteiger partial charge in [-0.05, 0) is 48.0 Å². The maximum Gasteiger partial charge on any atom is 0.137 e. The van der Waals surface area contributed by atoms with Gasteiger partial charge in [-0.25, -0.2) is 0 Å². The Bertz CT molecular complexity index is 511. The molecule has 2 aliphatic rings. The number of hydrogen-bond donors (Lipinski definition) is 0. The summed E-state index contributed by atoms with van der Waals surface area (Å²) in [7, 11) is 0. The summed E-state index contributed by atoms with van der Waals surface area (Å²) in [6.45, 7) is 1.56. The second kappa shape index (κ2) is 5.42. The van der Waals surface area contributed by atoms with E-state index in [2.05, 4.69) is 22.0 Å². The standard InChI is InChI=1S/C15H16BrNO2/c16-13-12-6-3-8-18-14(12)10(4-1-7-17)11-5-2-9-19-15(11)13/h1-6,8-9H2. The molecule has 2 aliphatic heterocycles. The van der Waals surface area contributed by atoms with Crippen molar-refractivity contribution in [3.63, 3.8) is 0 Å². The van der Waals surface area contributed by atoms with Gasteiger partial charge in [-0.2, -0.15) is 5.26 Å². The lowest BCUT2D eigenvalue weighted by molar-refractivity contribution is 0.267. The van der Waals surface area contributed by atoms with E-state index in [0.717, 1.165) is 61.3 Å². The Kier molecular flexibility index (Phi) is 3.65. The van der Waals surface area contributed by atoms with Crippen molar-refractivity contribution in [3.05, 3.63) is 21.2 Å². The van der Waals surface area contributed by atoms with Crippen LogP contribution in [0.5, 0.6) is 11.5 Å². The van der Waals surface area contributed by atoms with Crippen molar-refractivity contribution >= 4 is 15.9 Å². The van der Waals surface area contributed by atoms with E-state index in [1.807, 2.05) is 0 Å². The van der Waals surface area contributed by atoms with E-state index in [0.29, 0.717) is 6.42 Å². The number of nitrogens with zero attached hydrogens (tertiary/aromatic N) is 1. The van der Waals surface area contributed by atoms with Crippen LogP contribution in [0.4, 0.5) is 0 Å². The third kappa shape index (κ3) is 2.21. The van der Waals surface area contributed by atoms with Crippen molar-refractivity contribution in [1.82, 2.24) is 0 Å². The summed E-state index contributed by atoms with van der Waals surface area (Å²) in [5.41, 5.74) is 3.67. The highest BCUT2D eigenvalue weighted by atomic mass is 79.9. The molecule has 0 unspecified atom stereocenters. The summed E-state index contributed by atoms with van der Waals surface area (Å²) in [6, 6.07) is 2.24. The van der Waals surface area contributed by atoms with E-state index < -0.39 is 0 Å². The predicted molar refractivity (Wildman–Crippen MR) is 75.7 cm³/mol.